The molecule has 1 atom stereocenters. The van der Waals surface area contributed by atoms with Crippen LogP contribution in [0, 0.1) is 6.92 Å². The first-order valence-corrected chi connectivity index (χ1v) is 15.7. The van der Waals surface area contributed by atoms with Crippen LogP contribution in [-0.2, 0) is 16.0 Å². The van der Waals surface area contributed by atoms with Crippen LogP contribution in [0.2, 0.25) is 0 Å². The van der Waals surface area contributed by atoms with E-state index in [1.54, 1.807) is 38.3 Å². The zero-order chi connectivity index (χ0) is 33.4. The van der Waals surface area contributed by atoms with Crippen molar-refractivity contribution in [2.45, 2.75) is 66.9 Å². The van der Waals surface area contributed by atoms with Gasteiger partial charge in [0.15, 0.2) is 23.4 Å². The molecular weight excluding hydrogens is 582 g/mol. The quantitative estimate of drug-likeness (QED) is 0.0828. The molecule has 0 unspecified atom stereocenters. The summed E-state index contributed by atoms with van der Waals surface area (Å²) < 4.78 is 24.4. The molecule has 9 heteroatoms. The molecule has 0 N–H and O–H groups in total. The molecule has 4 aromatic rings. The number of esters is 1. The summed E-state index contributed by atoms with van der Waals surface area (Å²) >= 11 is 0. The topological polar surface area (TPSA) is 101 Å². The van der Waals surface area contributed by atoms with Gasteiger partial charge in [-0.2, -0.15) is 9.78 Å². The molecule has 0 amide bonds. The summed E-state index contributed by atoms with van der Waals surface area (Å²) in [7, 11) is 0. The van der Waals surface area contributed by atoms with Crippen molar-refractivity contribution < 1.29 is 23.7 Å². The maximum atomic E-state index is 14.0. The molecule has 4 rings (SSSR count). The number of para-hydroxylation sites is 1. The number of carbonyl (C=O) groups is 1. The van der Waals surface area contributed by atoms with Gasteiger partial charge in [0.25, 0.3) is 5.56 Å². The summed E-state index contributed by atoms with van der Waals surface area (Å²) in [5, 5.41) is 5.17. The van der Waals surface area contributed by atoms with E-state index in [-0.39, 0.29) is 18.1 Å². The van der Waals surface area contributed by atoms with Gasteiger partial charge in [-0.1, -0.05) is 32.1 Å². The molecule has 0 radical (unpaired) electrons. The largest absolute Gasteiger partial charge is 0.494 e. The van der Waals surface area contributed by atoms with Gasteiger partial charge in [-0.05, 0) is 100 Å². The standard InChI is InChI=1S/C37H43N3O6/c1-9-15-27-19-26(20-33(44-11-3)34(27)46-25(8)37(42)45-12-4)22-38-40-35(39-31-17-14-13-16-28(31)36(40)41)30-21-29(23(5)6)32(43-10-2)18-24(30)7/h9,13-14,16-23,25H,1,10-12,15H2,2-8H3/t25-/m1/s1. The molecule has 0 aliphatic heterocycles. The fraction of sp³-hybridized carbons (Fsp3) is 0.351. The number of aromatic nitrogens is 2. The predicted molar refractivity (Wildman–Crippen MR) is 183 cm³/mol. The Morgan fingerprint density at radius 3 is 2.39 bits per heavy atom. The molecule has 0 aliphatic carbocycles. The Bertz CT molecular complexity index is 1810. The highest BCUT2D eigenvalue weighted by Gasteiger charge is 2.22. The Balaban J connectivity index is 1.90. The van der Waals surface area contributed by atoms with Crippen molar-refractivity contribution >= 4 is 23.1 Å². The van der Waals surface area contributed by atoms with Crippen molar-refractivity contribution in [1.82, 2.24) is 9.66 Å². The molecule has 0 saturated heterocycles. The zero-order valence-corrected chi connectivity index (χ0v) is 27.8. The van der Waals surface area contributed by atoms with E-state index in [9.17, 15) is 9.59 Å². The average Bonchev–Trinajstić information content (AvgIpc) is 3.02. The normalized spacial score (nSPS) is 12.0. The van der Waals surface area contributed by atoms with Crippen LogP contribution < -0.4 is 19.8 Å². The van der Waals surface area contributed by atoms with E-state index in [2.05, 4.69) is 20.4 Å². The van der Waals surface area contributed by atoms with Gasteiger partial charge in [-0.25, -0.2) is 9.78 Å². The van der Waals surface area contributed by atoms with Crippen LogP contribution in [0.15, 0.2) is 71.1 Å². The van der Waals surface area contributed by atoms with Gasteiger partial charge < -0.3 is 18.9 Å². The lowest BCUT2D eigenvalue weighted by Gasteiger charge is -2.20. The molecule has 0 fully saturated rings. The van der Waals surface area contributed by atoms with E-state index < -0.39 is 12.1 Å². The monoisotopic (exact) mass is 625 g/mol. The molecule has 1 heterocycles. The lowest BCUT2D eigenvalue weighted by molar-refractivity contribution is -0.150. The SMILES string of the molecule is C=CCc1cc(C=Nn2c(-c3cc(C(C)C)c(OCC)cc3C)nc3ccccc3c2=O)cc(OCC)c1O[C@H](C)C(=O)OCC. The number of fused-ring (bicyclic) bond motifs is 1. The third kappa shape index (κ3) is 7.47. The van der Waals surface area contributed by atoms with Crippen LogP contribution in [0.4, 0.5) is 0 Å². The first-order chi connectivity index (χ1) is 22.1. The van der Waals surface area contributed by atoms with Crippen LogP contribution in [0.3, 0.4) is 0 Å². The van der Waals surface area contributed by atoms with Gasteiger partial charge in [0.1, 0.15) is 5.75 Å². The number of hydrogen-bond donors (Lipinski definition) is 0. The number of rotatable bonds is 14. The number of nitrogens with zero attached hydrogens (tertiary/aromatic N) is 3. The highest BCUT2D eigenvalue weighted by atomic mass is 16.6. The fourth-order valence-corrected chi connectivity index (χ4v) is 5.15. The van der Waals surface area contributed by atoms with Crippen LogP contribution in [0.5, 0.6) is 17.2 Å². The summed E-state index contributed by atoms with van der Waals surface area (Å²) in [6.07, 6.45) is 2.94. The minimum Gasteiger partial charge on any atom is -0.494 e. The number of aryl methyl sites for hydroxylation is 1. The third-order valence-electron chi connectivity index (χ3n) is 7.33. The summed E-state index contributed by atoms with van der Waals surface area (Å²) in [5.74, 6) is 1.80. The van der Waals surface area contributed by atoms with E-state index in [0.29, 0.717) is 53.4 Å². The molecule has 9 nitrogen and oxygen atoms in total. The minimum atomic E-state index is -0.847. The van der Waals surface area contributed by atoms with Crippen molar-refractivity contribution in [3.8, 4) is 28.6 Å². The molecule has 1 aromatic heterocycles. The molecule has 0 spiro atoms. The predicted octanol–water partition coefficient (Wildman–Crippen LogP) is 7.23. The van der Waals surface area contributed by atoms with Gasteiger partial charge in [-0.15, -0.1) is 6.58 Å². The average molecular weight is 626 g/mol. The Morgan fingerprint density at radius 1 is 1.00 bits per heavy atom. The second-order valence-corrected chi connectivity index (χ2v) is 11.1. The first kappa shape index (κ1) is 34.0. The smallest absolute Gasteiger partial charge is 0.347 e. The van der Waals surface area contributed by atoms with Gasteiger partial charge in [-0.3, -0.25) is 4.79 Å². The van der Waals surface area contributed by atoms with Gasteiger partial charge in [0.2, 0.25) is 0 Å². The minimum absolute atomic E-state index is 0.178. The number of hydrogen-bond acceptors (Lipinski definition) is 8. The highest BCUT2D eigenvalue weighted by Crippen LogP contribution is 2.36. The molecule has 242 valence electrons. The molecule has 0 bridgehead atoms. The third-order valence-corrected chi connectivity index (χ3v) is 7.33. The molecule has 0 aliphatic rings. The highest BCUT2D eigenvalue weighted by molar-refractivity contribution is 5.84. The number of ether oxygens (including phenoxy) is 4. The van der Waals surface area contributed by atoms with Gasteiger partial charge >= 0.3 is 5.97 Å². The molecule has 0 saturated carbocycles. The van der Waals surface area contributed by atoms with Crippen LogP contribution in [0.1, 0.15) is 69.7 Å². The van der Waals surface area contributed by atoms with E-state index in [1.807, 2.05) is 57.2 Å². The van der Waals surface area contributed by atoms with Gasteiger partial charge in [0, 0.05) is 11.1 Å². The zero-order valence-electron chi connectivity index (χ0n) is 27.8. The van der Waals surface area contributed by atoms with Crippen molar-refractivity contribution in [3.05, 3.63) is 93.8 Å². The Morgan fingerprint density at radius 2 is 1.72 bits per heavy atom. The van der Waals surface area contributed by atoms with Crippen LogP contribution in [0.25, 0.3) is 22.3 Å². The molecular formula is C37H43N3O6. The van der Waals surface area contributed by atoms with E-state index in [0.717, 1.165) is 28.0 Å². The van der Waals surface area contributed by atoms with Crippen LogP contribution in [-0.4, -0.2) is 47.8 Å². The van der Waals surface area contributed by atoms with Crippen molar-refractivity contribution in [1.29, 1.82) is 0 Å². The Labute approximate surface area is 270 Å². The van der Waals surface area contributed by atoms with Crippen molar-refractivity contribution in [3.63, 3.8) is 0 Å². The summed E-state index contributed by atoms with van der Waals surface area (Å²) in [5.41, 5.74) is 4.39. The molecule has 3 aromatic carbocycles. The number of carbonyl (C=O) groups excluding carboxylic acids is 1. The van der Waals surface area contributed by atoms with Gasteiger partial charge in [0.05, 0.1) is 36.9 Å². The van der Waals surface area contributed by atoms with E-state index >= 15 is 0 Å². The van der Waals surface area contributed by atoms with E-state index in [1.165, 1.54) is 4.68 Å². The first-order valence-electron chi connectivity index (χ1n) is 15.7. The lowest BCUT2D eigenvalue weighted by Crippen LogP contribution is -2.26. The number of benzene rings is 3. The number of allylic oxidation sites excluding steroid dienone is 1. The van der Waals surface area contributed by atoms with Crippen LogP contribution >= 0.6 is 0 Å². The van der Waals surface area contributed by atoms with Crippen molar-refractivity contribution in [2.24, 2.45) is 5.10 Å². The maximum Gasteiger partial charge on any atom is 0.347 e. The Hall–Kier alpha value is -4.92. The maximum absolute atomic E-state index is 14.0. The molecule has 46 heavy (non-hydrogen) atoms. The fourth-order valence-electron chi connectivity index (χ4n) is 5.15. The summed E-state index contributed by atoms with van der Waals surface area (Å²) in [6, 6.07) is 14.9. The second-order valence-electron chi connectivity index (χ2n) is 11.1. The Kier molecular flexibility index (Phi) is 11.4. The van der Waals surface area contributed by atoms with E-state index in [4.69, 9.17) is 29.0 Å². The summed E-state index contributed by atoms with van der Waals surface area (Å²) in [6.45, 7) is 18.4. The second kappa shape index (κ2) is 15.4. The van der Waals surface area contributed by atoms with Crippen molar-refractivity contribution in [2.75, 3.05) is 19.8 Å². The lowest BCUT2D eigenvalue weighted by atomic mass is 9.96. The summed E-state index contributed by atoms with van der Waals surface area (Å²) in [4.78, 5) is 31.2.